The number of amides is 1. The fourth-order valence-electron chi connectivity index (χ4n) is 4.68. The van der Waals surface area contributed by atoms with Gasteiger partial charge in [-0.05, 0) is 89.3 Å². The SMILES string of the molecule is CC(C)(C)OC(=O)N1CCN(c2ccc3cc(NC(=S)NCCN4CCCCCC4)ccc3n2)CC1. The molecule has 2 aliphatic rings. The van der Waals surface area contributed by atoms with Crippen molar-refractivity contribution in [3.63, 3.8) is 0 Å². The van der Waals surface area contributed by atoms with Crippen molar-refractivity contribution in [3.05, 3.63) is 30.3 Å². The van der Waals surface area contributed by atoms with Crippen molar-refractivity contribution >= 4 is 45.8 Å². The molecule has 0 radical (unpaired) electrons. The largest absolute Gasteiger partial charge is 0.444 e. The summed E-state index contributed by atoms with van der Waals surface area (Å²) < 4.78 is 5.50. The first kappa shape index (κ1) is 26.4. The van der Waals surface area contributed by atoms with Gasteiger partial charge in [0.05, 0.1) is 5.52 Å². The van der Waals surface area contributed by atoms with E-state index in [1.165, 1.54) is 38.8 Å². The lowest BCUT2D eigenvalue weighted by Crippen LogP contribution is -2.50. The van der Waals surface area contributed by atoms with Crippen molar-refractivity contribution < 1.29 is 9.53 Å². The highest BCUT2D eigenvalue weighted by molar-refractivity contribution is 7.80. The third-order valence-electron chi connectivity index (χ3n) is 6.60. The van der Waals surface area contributed by atoms with E-state index in [1.54, 1.807) is 4.90 Å². The molecule has 2 N–H and O–H groups in total. The Labute approximate surface area is 220 Å². The van der Waals surface area contributed by atoms with Gasteiger partial charge in [-0.25, -0.2) is 9.78 Å². The number of piperazine rings is 1. The fourth-order valence-corrected chi connectivity index (χ4v) is 4.90. The summed E-state index contributed by atoms with van der Waals surface area (Å²) in [5, 5.41) is 8.36. The number of ether oxygens (including phenoxy) is 1. The monoisotopic (exact) mass is 512 g/mol. The molecule has 36 heavy (non-hydrogen) atoms. The fraction of sp³-hybridized carbons (Fsp3) is 0.593. The first-order valence-electron chi connectivity index (χ1n) is 13.2. The van der Waals surface area contributed by atoms with Gasteiger partial charge in [0, 0.05) is 50.3 Å². The number of fused-ring (bicyclic) bond motifs is 1. The van der Waals surface area contributed by atoms with Crippen molar-refractivity contribution in [2.45, 2.75) is 52.1 Å². The number of hydrogen-bond acceptors (Lipinski definition) is 6. The first-order valence-corrected chi connectivity index (χ1v) is 13.6. The normalized spacial score (nSPS) is 17.5. The van der Waals surface area contributed by atoms with Crippen LogP contribution in [0, 0.1) is 0 Å². The maximum Gasteiger partial charge on any atom is 0.410 e. The van der Waals surface area contributed by atoms with Gasteiger partial charge in [0.25, 0.3) is 0 Å². The molecule has 2 fully saturated rings. The van der Waals surface area contributed by atoms with Crippen LogP contribution in [0.4, 0.5) is 16.3 Å². The summed E-state index contributed by atoms with van der Waals surface area (Å²) in [6.07, 6.45) is 5.07. The molecule has 1 aromatic carbocycles. The Morgan fingerprint density at radius 1 is 1.00 bits per heavy atom. The molecule has 0 saturated carbocycles. The number of nitrogens with one attached hydrogen (secondary N) is 2. The molecule has 2 aromatic rings. The second kappa shape index (κ2) is 12.1. The molecule has 2 saturated heterocycles. The molecule has 0 spiro atoms. The summed E-state index contributed by atoms with van der Waals surface area (Å²) >= 11 is 5.52. The van der Waals surface area contributed by atoms with Gasteiger partial charge in [-0.2, -0.15) is 0 Å². The molecule has 196 valence electrons. The smallest absolute Gasteiger partial charge is 0.410 e. The Kier molecular flexibility index (Phi) is 8.85. The van der Waals surface area contributed by atoms with Gasteiger partial charge in [-0.15, -0.1) is 0 Å². The number of benzene rings is 1. The predicted molar refractivity (Wildman–Crippen MR) is 151 cm³/mol. The number of rotatable bonds is 5. The average molecular weight is 513 g/mol. The average Bonchev–Trinajstić information content (AvgIpc) is 3.12. The third-order valence-corrected chi connectivity index (χ3v) is 6.85. The predicted octanol–water partition coefficient (Wildman–Crippen LogP) is 4.45. The van der Waals surface area contributed by atoms with Crippen molar-refractivity contribution in [2.24, 2.45) is 0 Å². The minimum atomic E-state index is -0.478. The van der Waals surface area contributed by atoms with Crippen LogP contribution in [0.15, 0.2) is 30.3 Å². The zero-order chi connectivity index (χ0) is 25.5. The summed E-state index contributed by atoms with van der Waals surface area (Å²) in [5.74, 6) is 0.928. The number of likely N-dealkylation sites (tertiary alicyclic amines) is 1. The molecule has 2 aliphatic heterocycles. The highest BCUT2D eigenvalue weighted by Gasteiger charge is 2.26. The van der Waals surface area contributed by atoms with E-state index in [0.717, 1.165) is 48.6 Å². The quantitative estimate of drug-likeness (QED) is 0.569. The minimum absolute atomic E-state index is 0.247. The Bertz CT molecular complexity index is 1040. The lowest BCUT2D eigenvalue weighted by molar-refractivity contribution is 0.0240. The van der Waals surface area contributed by atoms with Gasteiger partial charge in [0.15, 0.2) is 5.11 Å². The van der Waals surface area contributed by atoms with Crippen molar-refractivity contribution in [1.82, 2.24) is 20.1 Å². The Hall–Kier alpha value is -2.65. The Morgan fingerprint density at radius 3 is 2.42 bits per heavy atom. The van der Waals surface area contributed by atoms with E-state index >= 15 is 0 Å². The van der Waals surface area contributed by atoms with E-state index in [1.807, 2.05) is 39.0 Å². The molecule has 0 aliphatic carbocycles. The molecule has 0 atom stereocenters. The van der Waals surface area contributed by atoms with Crippen LogP contribution in [0.5, 0.6) is 0 Å². The number of pyridine rings is 1. The van der Waals surface area contributed by atoms with Crippen LogP contribution in [0.25, 0.3) is 10.9 Å². The zero-order valence-electron chi connectivity index (χ0n) is 21.9. The summed E-state index contributed by atoms with van der Waals surface area (Å²) in [6, 6.07) is 10.3. The first-order chi connectivity index (χ1) is 17.3. The maximum atomic E-state index is 12.3. The van der Waals surface area contributed by atoms with Crippen LogP contribution in [-0.4, -0.2) is 83.9 Å². The molecule has 0 unspecified atom stereocenters. The molecule has 3 heterocycles. The number of aromatic nitrogens is 1. The van der Waals surface area contributed by atoms with E-state index < -0.39 is 5.60 Å². The van der Waals surface area contributed by atoms with Crippen LogP contribution >= 0.6 is 12.2 Å². The van der Waals surface area contributed by atoms with Gasteiger partial charge < -0.3 is 30.1 Å². The number of anilines is 2. The van der Waals surface area contributed by atoms with Crippen molar-refractivity contribution in [1.29, 1.82) is 0 Å². The summed E-state index contributed by atoms with van der Waals surface area (Å²) in [4.78, 5) is 23.7. The summed E-state index contributed by atoms with van der Waals surface area (Å²) in [7, 11) is 0. The van der Waals surface area contributed by atoms with E-state index in [4.69, 9.17) is 21.9 Å². The van der Waals surface area contributed by atoms with Crippen LogP contribution in [0.1, 0.15) is 46.5 Å². The number of nitrogens with zero attached hydrogens (tertiary/aromatic N) is 4. The topological polar surface area (TPSA) is 73.0 Å². The van der Waals surface area contributed by atoms with Gasteiger partial charge >= 0.3 is 6.09 Å². The molecular weight excluding hydrogens is 472 g/mol. The number of carbonyl (C=O) groups is 1. The van der Waals surface area contributed by atoms with Gasteiger partial charge in [-0.1, -0.05) is 12.8 Å². The maximum absolute atomic E-state index is 12.3. The van der Waals surface area contributed by atoms with Crippen LogP contribution in [-0.2, 0) is 4.74 Å². The molecule has 0 bridgehead atoms. The minimum Gasteiger partial charge on any atom is -0.444 e. The standard InChI is InChI=1S/C27H40N6O2S/c1-27(2,3)35-26(34)33-18-16-32(17-19-33)24-11-8-21-20-22(9-10-23(21)30-24)29-25(36)28-12-15-31-13-6-4-5-7-14-31/h8-11,20H,4-7,12-19H2,1-3H3,(H2,28,29,36). The van der Waals surface area contributed by atoms with Crippen LogP contribution in [0.3, 0.4) is 0 Å². The molecule has 1 aromatic heterocycles. The van der Waals surface area contributed by atoms with Gasteiger partial charge in [0.1, 0.15) is 11.4 Å². The van der Waals surface area contributed by atoms with Crippen LogP contribution < -0.4 is 15.5 Å². The number of thiocarbonyl (C=S) groups is 1. The van der Waals surface area contributed by atoms with E-state index in [-0.39, 0.29) is 6.09 Å². The highest BCUT2D eigenvalue weighted by atomic mass is 32.1. The van der Waals surface area contributed by atoms with Gasteiger partial charge in [0.2, 0.25) is 0 Å². The molecule has 4 rings (SSSR count). The van der Waals surface area contributed by atoms with Crippen LogP contribution in [0.2, 0.25) is 0 Å². The van der Waals surface area contributed by atoms with Gasteiger partial charge in [-0.3, -0.25) is 0 Å². The third kappa shape index (κ3) is 7.67. The highest BCUT2D eigenvalue weighted by Crippen LogP contribution is 2.23. The number of hydrogen-bond donors (Lipinski definition) is 2. The zero-order valence-corrected chi connectivity index (χ0v) is 22.7. The molecule has 8 nitrogen and oxygen atoms in total. The molecule has 1 amide bonds. The van der Waals surface area contributed by atoms with E-state index in [9.17, 15) is 4.79 Å². The molecule has 9 heteroatoms. The second-order valence-corrected chi connectivity index (χ2v) is 11.1. The van der Waals surface area contributed by atoms with E-state index in [2.05, 4.69) is 32.6 Å². The number of carbonyl (C=O) groups excluding carboxylic acids is 1. The summed E-state index contributed by atoms with van der Waals surface area (Å²) in [5.41, 5.74) is 1.41. The lowest BCUT2D eigenvalue weighted by Gasteiger charge is -2.36. The van der Waals surface area contributed by atoms with Crippen molar-refractivity contribution in [2.75, 3.05) is 62.6 Å². The Morgan fingerprint density at radius 2 is 1.72 bits per heavy atom. The van der Waals surface area contributed by atoms with Crippen molar-refractivity contribution in [3.8, 4) is 0 Å². The molecular formula is C27H40N6O2S. The second-order valence-electron chi connectivity index (χ2n) is 10.7. The summed E-state index contributed by atoms with van der Waals surface area (Å²) in [6.45, 7) is 12.7. The lowest BCUT2D eigenvalue weighted by atomic mass is 10.2. The Balaban J connectivity index is 1.27. The van der Waals surface area contributed by atoms with E-state index in [0.29, 0.717) is 18.2 Å².